The number of ether oxygens (including phenoxy) is 1. The molecular weight excluding hydrogens is 292 g/mol. The number of hydrogen-bond acceptors (Lipinski definition) is 3. The highest BCUT2D eigenvalue weighted by atomic mass is 35.5. The molecule has 1 saturated heterocycles. The van der Waals surface area contributed by atoms with E-state index in [1.165, 1.54) is 7.11 Å². The molecule has 114 valence electrons. The van der Waals surface area contributed by atoms with Crippen LogP contribution in [0.2, 0.25) is 5.02 Å². The molecule has 1 heterocycles. The zero-order valence-corrected chi connectivity index (χ0v) is 12.9. The Bertz CT molecular complexity index is 548. The lowest BCUT2D eigenvalue weighted by molar-refractivity contribution is -0.144. The van der Waals surface area contributed by atoms with Gasteiger partial charge >= 0.3 is 11.8 Å². The number of hydrogen-bond donors (Lipinski definition) is 1. The molecule has 0 aromatic heterocycles. The lowest BCUT2D eigenvalue weighted by atomic mass is 10.0. The first-order chi connectivity index (χ1) is 10.0. The summed E-state index contributed by atoms with van der Waals surface area (Å²) >= 11 is 5.99. The molecule has 1 aliphatic heterocycles. The first kappa shape index (κ1) is 15.6. The quantitative estimate of drug-likeness (QED) is 0.854. The number of anilines is 1. The van der Waals surface area contributed by atoms with Crippen molar-refractivity contribution in [3.8, 4) is 5.75 Å². The van der Waals surface area contributed by atoms with Gasteiger partial charge in [-0.25, -0.2) is 0 Å². The molecule has 6 heteroatoms. The minimum atomic E-state index is -0.634. The van der Waals surface area contributed by atoms with Crippen LogP contribution in [0.1, 0.15) is 19.8 Å². The maximum Gasteiger partial charge on any atom is 0.313 e. The van der Waals surface area contributed by atoms with E-state index in [-0.39, 0.29) is 0 Å². The molecule has 1 aromatic rings. The summed E-state index contributed by atoms with van der Waals surface area (Å²) in [7, 11) is 1.51. The number of benzene rings is 1. The van der Waals surface area contributed by atoms with Crippen LogP contribution in [0, 0.1) is 5.92 Å². The maximum atomic E-state index is 12.1. The third-order valence-electron chi connectivity index (χ3n) is 3.55. The van der Waals surface area contributed by atoms with Crippen molar-refractivity contribution >= 4 is 29.1 Å². The van der Waals surface area contributed by atoms with Crippen LogP contribution in [0.15, 0.2) is 18.2 Å². The number of likely N-dealkylation sites (tertiary alicyclic amines) is 1. The van der Waals surface area contributed by atoms with Crippen molar-refractivity contribution in [2.24, 2.45) is 5.92 Å². The molecule has 1 N–H and O–H groups in total. The monoisotopic (exact) mass is 310 g/mol. The lowest BCUT2D eigenvalue weighted by Crippen LogP contribution is -2.44. The van der Waals surface area contributed by atoms with Gasteiger partial charge in [-0.1, -0.05) is 18.5 Å². The molecule has 0 radical (unpaired) electrons. The third kappa shape index (κ3) is 3.88. The van der Waals surface area contributed by atoms with Gasteiger partial charge in [0.15, 0.2) is 0 Å². The second-order valence-corrected chi connectivity index (χ2v) is 5.71. The van der Waals surface area contributed by atoms with Gasteiger partial charge in [0.25, 0.3) is 0 Å². The summed E-state index contributed by atoms with van der Waals surface area (Å²) in [6.45, 7) is 3.36. The predicted molar refractivity (Wildman–Crippen MR) is 81.6 cm³/mol. The molecule has 0 bridgehead atoms. The van der Waals surface area contributed by atoms with Crippen LogP contribution in [0.5, 0.6) is 5.75 Å². The fraction of sp³-hybridized carbons (Fsp3) is 0.467. The van der Waals surface area contributed by atoms with E-state index in [1.807, 2.05) is 0 Å². The summed E-state index contributed by atoms with van der Waals surface area (Å²) in [6.07, 6.45) is 2.04. The van der Waals surface area contributed by atoms with Crippen molar-refractivity contribution in [2.45, 2.75) is 19.8 Å². The van der Waals surface area contributed by atoms with E-state index in [2.05, 4.69) is 12.2 Å². The molecule has 5 nitrogen and oxygen atoms in total. The Morgan fingerprint density at radius 2 is 2.19 bits per heavy atom. The first-order valence-electron chi connectivity index (χ1n) is 6.95. The normalized spacial score (nSPS) is 18.2. The number of amides is 2. The van der Waals surface area contributed by atoms with Crippen molar-refractivity contribution in [3.05, 3.63) is 23.2 Å². The van der Waals surface area contributed by atoms with Crippen molar-refractivity contribution in [1.82, 2.24) is 4.90 Å². The van der Waals surface area contributed by atoms with Crippen molar-refractivity contribution < 1.29 is 14.3 Å². The minimum absolute atomic E-state index is 0.384. The zero-order valence-electron chi connectivity index (χ0n) is 12.2. The Labute approximate surface area is 129 Å². The Morgan fingerprint density at radius 1 is 1.43 bits per heavy atom. The Balaban J connectivity index is 2.00. The molecule has 2 amide bonds. The number of nitrogens with zero attached hydrogens (tertiary/aromatic N) is 1. The van der Waals surface area contributed by atoms with Gasteiger partial charge in [0.2, 0.25) is 0 Å². The SMILES string of the molecule is COc1ccc(NC(=O)C(=O)N2CCCC(C)C2)cc1Cl. The molecule has 21 heavy (non-hydrogen) atoms. The van der Waals surface area contributed by atoms with E-state index in [4.69, 9.17) is 16.3 Å². The molecule has 0 aliphatic carbocycles. The van der Waals surface area contributed by atoms with Crippen molar-refractivity contribution in [1.29, 1.82) is 0 Å². The molecule has 0 spiro atoms. The smallest absolute Gasteiger partial charge is 0.313 e. The lowest BCUT2D eigenvalue weighted by Gasteiger charge is -2.30. The summed E-state index contributed by atoms with van der Waals surface area (Å²) < 4.78 is 5.04. The Morgan fingerprint density at radius 3 is 2.81 bits per heavy atom. The van der Waals surface area contributed by atoms with E-state index >= 15 is 0 Å². The topological polar surface area (TPSA) is 58.6 Å². The summed E-state index contributed by atoms with van der Waals surface area (Å²) in [5, 5.41) is 2.96. The Kier molecular flexibility index (Phi) is 5.07. The number of rotatable bonds is 2. The van der Waals surface area contributed by atoms with Gasteiger partial charge in [-0.05, 0) is 37.0 Å². The number of carbonyl (C=O) groups excluding carboxylic acids is 2. The second kappa shape index (κ2) is 6.80. The Hall–Kier alpha value is -1.75. The molecule has 1 unspecified atom stereocenters. The van der Waals surface area contributed by atoms with Gasteiger partial charge in [-0.15, -0.1) is 0 Å². The van der Waals surface area contributed by atoms with Gasteiger partial charge < -0.3 is 15.0 Å². The number of carbonyl (C=O) groups is 2. The van der Waals surface area contributed by atoms with E-state index in [9.17, 15) is 9.59 Å². The van der Waals surface area contributed by atoms with Gasteiger partial charge in [0.05, 0.1) is 12.1 Å². The van der Waals surface area contributed by atoms with Crippen LogP contribution < -0.4 is 10.1 Å². The molecule has 0 saturated carbocycles. The number of halogens is 1. The van der Waals surface area contributed by atoms with Crippen LogP contribution >= 0.6 is 11.6 Å². The number of piperidine rings is 1. The maximum absolute atomic E-state index is 12.1. The summed E-state index contributed by atoms with van der Waals surface area (Å²) in [5.74, 6) is -0.171. The summed E-state index contributed by atoms with van der Waals surface area (Å²) in [5.41, 5.74) is 0.476. The molecule has 1 aromatic carbocycles. The van der Waals surface area contributed by atoms with Gasteiger partial charge in [-0.2, -0.15) is 0 Å². The zero-order chi connectivity index (χ0) is 15.4. The van der Waals surface area contributed by atoms with E-state index in [0.717, 1.165) is 12.8 Å². The van der Waals surface area contributed by atoms with Crippen LogP contribution in [0.3, 0.4) is 0 Å². The fourth-order valence-corrected chi connectivity index (χ4v) is 2.70. The third-order valence-corrected chi connectivity index (χ3v) is 3.84. The minimum Gasteiger partial charge on any atom is -0.495 e. The van der Waals surface area contributed by atoms with Crippen LogP contribution in [0.25, 0.3) is 0 Å². The van der Waals surface area contributed by atoms with E-state index in [1.54, 1.807) is 23.1 Å². The molecule has 1 fully saturated rings. The van der Waals surface area contributed by atoms with Gasteiger partial charge in [0, 0.05) is 18.8 Å². The molecule has 1 atom stereocenters. The van der Waals surface area contributed by atoms with Crippen molar-refractivity contribution in [2.75, 3.05) is 25.5 Å². The molecular formula is C15H19ClN2O3. The highest BCUT2D eigenvalue weighted by molar-refractivity contribution is 6.39. The highest BCUT2D eigenvalue weighted by Crippen LogP contribution is 2.27. The van der Waals surface area contributed by atoms with E-state index in [0.29, 0.717) is 35.5 Å². The summed E-state index contributed by atoms with van der Waals surface area (Å²) in [4.78, 5) is 25.7. The number of methoxy groups -OCH3 is 1. The largest absolute Gasteiger partial charge is 0.495 e. The van der Waals surface area contributed by atoms with E-state index < -0.39 is 11.8 Å². The molecule has 1 aliphatic rings. The van der Waals surface area contributed by atoms with Gasteiger partial charge in [-0.3, -0.25) is 9.59 Å². The first-order valence-corrected chi connectivity index (χ1v) is 7.33. The highest BCUT2D eigenvalue weighted by Gasteiger charge is 2.26. The van der Waals surface area contributed by atoms with Crippen LogP contribution in [0.4, 0.5) is 5.69 Å². The van der Waals surface area contributed by atoms with Gasteiger partial charge in [0.1, 0.15) is 5.75 Å². The van der Waals surface area contributed by atoms with Crippen LogP contribution in [-0.2, 0) is 9.59 Å². The standard InChI is InChI=1S/C15H19ClN2O3/c1-10-4-3-7-18(9-10)15(20)14(19)17-11-5-6-13(21-2)12(16)8-11/h5-6,8,10H,3-4,7,9H2,1-2H3,(H,17,19). The van der Waals surface area contributed by atoms with Crippen LogP contribution in [-0.4, -0.2) is 36.9 Å². The second-order valence-electron chi connectivity index (χ2n) is 5.30. The number of nitrogens with one attached hydrogen (secondary N) is 1. The average Bonchev–Trinajstić information content (AvgIpc) is 2.46. The van der Waals surface area contributed by atoms with Crippen molar-refractivity contribution in [3.63, 3.8) is 0 Å². The molecule has 2 rings (SSSR count). The average molecular weight is 311 g/mol. The predicted octanol–water partition coefficient (Wildman–Crippen LogP) is 2.55. The summed E-state index contributed by atoms with van der Waals surface area (Å²) in [6, 6.07) is 4.85. The fourth-order valence-electron chi connectivity index (χ4n) is 2.45.